The minimum absolute atomic E-state index is 0.0156. The molecule has 1 aliphatic rings. The Kier molecular flexibility index (Phi) is 3.48. The van der Waals surface area contributed by atoms with E-state index in [9.17, 15) is 0 Å². The standard InChI is InChI=1S/C16H18N2O2/c1-19-12-7-5-11(6-8-12)14-3-2-4-15-16(14)20-13(9-17)10-18-15/h2-8,13,18H,9-10,17H2,1H3/t13-/m1/s1. The number of ether oxygens (including phenoxy) is 2. The van der Waals surface area contributed by atoms with Crippen molar-refractivity contribution in [3.8, 4) is 22.6 Å². The van der Waals surface area contributed by atoms with Crippen molar-refractivity contribution in [1.29, 1.82) is 0 Å². The molecule has 0 saturated carbocycles. The van der Waals surface area contributed by atoms with Crippen LogP contribution in [-0.4, -0.2) is 26.3 Å². The summed E-state index contributed by atoms with van der Waals surface area (Å²) in [6.07, 6.45) is 0.0156. The molecule has 0 radical (unpaired) electrons. The van der Waals surface area contributed by atoms with Gasteiger partial charge in [0.2, 0.25) is 0 Å². The lowest BCUT2D eigenvalue weighted by molar-refractivity contribution is 0.215. The van der Waals surface area contributed by atoms with Crippen molar-refractivity contribution >= 4 is 5.69 Å². The van der Waals surface area contributed by atoms with E-state index in [1.807, 2.05) is 36.4 Å². The van der Waals surface area contributed by atoms with Crippen molar-refractivity contribution in [1.82, 2.24) is 0 Å². The van der Waals surface area contributed by atoms with Crippen LogP contribution in [0.15, 0.2) is 42.5 Å². The molecule has 3 N–H and O–H groups in total. The van der Waals surface area contributed by atoms with E-state index in [4.69, 9.17) is 15.2 Å². The Morgan fingerprint density at radius 1 is 1.25 bits per heavy atom. The van der Waals surface area contributed by atoms with Gasteiger partial charge >= 0.3 is 0 Å². The molecule has 0 unspecified atom stereocenters. The molecular weight excluding hydrogens is 252 g/mol. The first-order valence-electron chi connectivity index (χ1n) is 6.70. The monoisotopic (exact) mass is 270 g/mol. The first kappa shape index (κ1) is 12.8. The molecule has 1 atom stereocenters. The van der Waals surface area contributed by atoms with Crippen LogP contribution < -0.4 is 20.5 Å². The van der Waals surface area contributed by atoms with E-state index >= 15 is 0 Å². The van der Waals surface area contributed by atoms with E-state index in [1.54, 1.807) is 7.11 Å². The molecule has 1 heterocycles. The minimum Gasteiger partial charge on any atom is -0.497 e. The molecule has 0 amide bonds. The van der Waals surface area contributed by atoms with E-state index in [0.717, 1.165) is 34.9 Å². The van der Waals surface area contributed by atoms with Gasteiger partial charge in [0.25, 0.3) is 0 Å². The van der Waals surface area contributed by atoms with Crippen molar-refractivity contribution in [3.05, 3.63) is 42.5 Å². The minimum atomic E-state index is 0.0156. The summed E-state index contributed by atoms with van der Waals surface area (Å²) in [6.45, 7) is 1.25. The lowest BCUT2D eigenvalue weighted by atomic mass is 10.0. The second-order valence-corrected chi connectivity index (χ2v) is 4.77. The zero-order chi connectivity index (χ0) is 13.9. The summed E-state index contributed by atoms with van der Waals surface area (Å²) in [4.78, 5) is 0. The Bertz CT molecular complexity index is 596. The summed E-state index contributed by atoms with van der Waals surface area (Å²) in [5.74, 6) is 1.72. The third-order valence-corrected chi connectivity index (χ3v) is 3.48. The average molecular weight is 270 g/mol. The molecule has 0 saturated heterocycles. The predicted molar refractivity (Wildman–Crippen MR) is 80.4 cm³/mol. The summed E-state index contributed by atoms with van der Waals surface area (Å²) in [5.41, 5.74) is 8.89. The van der Waals surface area contributed by atoms with E-state index in [-0.39, 0.29) is 6.10 Å². The quantitative estimate of drug-likeness (QED) is 0.899. The van der Waals surface area contributed by atoms with Crippen LogP contribution in [0.1, 0.15) is 0 Å². The van der Waals surface area contributed by atoms with Gasteiger partial charge in [0.15, 0.2) is 5.75 Å². The molecule has 4 heteroatoms. The van der Waals surface area contributed by atoms with E-state index in [2.05, 4.69) is 11.4 Å². The molecule has 104 valence electrons. The van der Waals surface area contributed by atoms with Crippen molar-refractivity contribution in [3.63, 3.8) is 0 Å². The van der Waals surface area contributed by atoms with E-state index in [1.165, 1.54) is 0 Å². The second-order valence-electron chi connectivity index (χ2n) is 4.77. The lowest BCUT2D eigenvalue weighted by Crippen LogP contribution is -2.37. The molecule has 4 nitrogen and oxygen atoms in total. The average Bonchev–Trinajstić information content (AvgIpc) is 2.54. The van der Waals surface area contributed by atoms with Gasteiger partial charge in [-0.1, -0.05) is 24.3 Å². The van der Waals surface area contributed by atoms with Gasteiger partial charge < -0.3 is 20.5 Å². The number of hydrogen-bond donors (Lipinski definition) is 2. The molecule has 3 rings (SSSR count). The Hall–Kier alpha value is -2.20. The fourth-order valence-corrected chi connectivity index (χ4v) is 2.36. The summed E-state index contributed by atoms with van der Waals surface area (Å²) in [5, 5.41) is 3.37. The molecule has 1 aliphatic heterocycles. The van der Waals surface area contributed by atoms with Crippen molar-refractivity contribution in [2.24, 2.45) is 5.73 Å². The van der Waals surface area contributed by atoms with Crippen LogP contribution in [0.3, 0.4) is 0 Å². The Morgan fingerprint density at radius 3 is 2.75 bits per heavy atom. The zero-order valence-electron chi connectivity index (χ0n) is 11.4. The number of hydrogen-bond acceptors (Lipinski definition) is 4. The van der Waals surface area contributed by atoms with E-state index in [0.29, 0.717) is 6.54 Å². The molecule has 2 aromatic carbocycles. The fourth-order valence-electron chi connectivity index (χ4n) is 2.36. The van der Waals surface area contributed by atoms with Gasteiger partial charge in [0.05, 0.1) is 19.3 Å². The van der Waals surface area contributed by atoms with Crippen LogP contribution in [0.25, 0.3) is 11.1 Å². The number of nitrogens with two attached hydrogens (primary N) is 1. The smallest absolute Gasteiger partial charge is 0.150 e. The van der Waals surface area contributed by atoms with Gasteiger partial charge in [-0.2, -0.15) is 0 Å². The van der Waals surface area contributed by atoms with Gasteiger partial charge in [-0.3, -0.25) is 0 Å². The van der Waals surface area contributed by atoms with Gasteiger partial charge in [-0.05, 0) is 23.8 Å². The second kappa shape index (κ2) is 5.43. The van der Waals surface area contributed by atoms with Crippen LogP contribution in [0.2, 0.25) is 0 Å². The Labute approximate surface area is 118 Å². The van der Waals surface area contributed by atoms with Gasteiger partial charge in [0, 0.05) is 12.1 Å². The molecular formula is C16H18N2O2. The number of rotatable bonds is 3. The SMILES string of the molecule is COc1ccc(-c2cccc3c2O[C@H](CN)CN3)cc1. The number of nitrogens with one attached hydrogen (secondary N) is 1. The Morgan fingerprint density at radius 2 is 2.05 bits per heavy atom. The third kappa shape index (κ3) is 2.30. The number of methoxy groups -OCH3 is 1. The normalized spacial score (nSPS) is 16.8. The largest absolute Gasteiger partial charge is 0.497 e. The highest BCUT2D eigenvalue weighted by atomic mass is 16.5. The molecule has 0 spiro atoms. The number of benzene rings is 2. The third-order valence-electron chi connectivity index (χ3n) is 3.48. The fraction of sp³-hybridized carbons (Fsp3) is 0.250. The molecule has 0 aliphatic carbocycles. The summed E-state index contributed by atoms with van der Waals surface area (Å²) < 4.78 is 11.2. The number of fused-ring (bicyclic) bond motifs is 1. The Balaban J connectivity index is 2.01. The zero-order valence-corrected chi connectivity index (χ0v) is 11.4. The number of para-hydroxylation sites is 1. The maximum Gasteiger partial charge on any atom is 0.150 e. The number of anilines is 1. The van der Waals surface area contributed by atoms with Crippen LogP contribution in [0.4, 0.5) is 5.69 Å². The first-order chi connectivity index (χ1) is 9.81. The molecule has 2 aromatic rings. The first-order valence-corrected chi connectivity index (χ1v) is 6.70. The van der Waals surface area contributed by atoms with Crippen molar-refractivity contribution < 1.29 is 9.47 Å². The van der Waals surface area contributed by atoms with Gasteiger partial charge in [-0.25, -0.2) is 0 Å². The van der Waals surface area contributed by atoms with Gasteiger partial charge in [0.1, 0.15) is 11.9 Å². The maximum absolute atomic E-state index is 6.00. The van der Waals surface area contributed by atoms with Crippen LogP contribution in [0.5, 0.6) is 11.5 Å². The predicted octanol–water partition coefficient (Wildman–Crippen LogP) is 2.49. The van der Waals surface area contributed by atoms with Crippen LogP contribution in [0, 0.1) is 0 Å². The van der Waals surface area contributed by atoms with Gasteiger partial charge in [-0.15, -0.1) is 0 Å². The van der Waals surface area contributed by atoms with Crippen LogP contribution >= 0.6 is 0 Å². The highest BCUT2D eigenvalue weighted by Gasteiger charge is 2.21. The van der Waals surface area contributed by atoms with Crippen molar-refractivity contribution in [2.75, 3.05) is 25.5 Å². The molecule has 0 aromatic heterocycles. The summed E-state index contributed by atoms with van der Waals surface area (Å²) in [6, 6.07) is 14.1. The molecule has 0 fully saturated rings. The van der Waals surface area contributed by atoms with Crippen LogP contribution in [-0.2, 0) is 0 Å². The topological polar surface area (TPSA) is 56.5 Å². The molecule has 0 bridgehead atoms. The lowest BCUT2D eigenvalue weighted by Gasteiger charge is -2.28. The summed E-state index contributed by atoms with van der Waals surface area (Å²) >= 11 is 0. The molecule has 20 heavy (non-hydrogen) atoms. The van der Waals surface area contributed by atoms with E-state index < -0.39 is 0 Å². The maximum atomic E-state index is 6.00. The van der Waals surface area contributed by atoms with Crippen molar-refractivity contribution in [2.45, 2.75) is 6.10 Å². The highest BCUT2D eigenvalue weighted by molar-refractivity contribution is 5.79. The summed E-state index contributed by atoms with van der Waals surface area (Å²) in [7, 11) is 1.66. The highest BCUT2D eigenvalue weighted by Crippen LogP contribution is 2.39.